The molecule has 1 aliphatic heterocycles. The number of H-pyrrole nitrogens is 1. The number of amides is 1. The third-order valence-electron chi connectivity index (χ3n) is 5.85. The van der Waals surface area contributed by atoms with E-state index in [9.17, 15) is 9.90 Å². The third kappa shape index (κ3) is 3.36. The van der Waals surface area contributed by atoms with E-state index in [4.69, 9.17) is 4.74 Å². The summed E-state index contributed by atoms with van der Waals surface area (Å²) in [5.74, 6) is 0. The first-order valence-electron chi connectivity index (χ1n) is 9.43. The van der Waals surface area contributed by atoms with E-state index in [1.807, 2.05) is 33.0 Å². The molecule has 1 saturated carbocycles. The number of nitrogens with zero attached hydrogens (tertiary/aromatic N) is 2. The zero-order valence-corrected chi connectivity index (χ0v) is 17.6. The van der Waals surface area contributed by atoms with Gasteiger partial charge < -0.3 is 19.7 Å². The van der Waals surface area contributed by atoms with Gasteiger partial charge in [-0.2, -0.15) is 0 Å². The number of aromatic amines is 1. The van der Waals surface area contributed by atoms with Crippen molar-refractivity contribution in [2.75, 3.05) is 13.1 Å². The van der Waals surface area contributed by atoms with Crippen LogP contribution in [0, 0.1) is 5.41 Å². The number of hydrogen-bond donors (Lipinski definition) is 2. The Hall–Kier alpha value is -1.60. The molecule has 0 unspecified atom stereocenters. The van der Waals surface area contributed by atoms with Gasteiger partial charge in [0.25, 0.3) is 0 Å². The number of pyridine rings is 1. The van der Waals surface area contributed by atoms with Crippen LogP contribution in [0.3, 0.4) is 0 Å². The first-order valence-corrected chi connectivity index (χ1v) is 10.2. The highest BCUT2D eigenvalue weighted by molar-refractivity contribution is 9.10. The van der Waals surface area contributed by atoms with Crippen molar-refractivity contribution >= 4 is 33.1 Å². The molecular formula is C20H26BrN3O3. The number of likely N-dealkylation sites (tertiary alicyclic amines) is 1. The van der Waals surface area contributed by atoms with Gasteiger partial charge in [-0.05, 0) is 68.5 Å². The van der Waals surface area contributed by atoms with E-state index in [1.54, 1.807) is 11.1 Å². The Labute approximate surface area is 167 Å². The van der Waals surface area contributed by atoms with Crippen LogP contribution in [-0.4, -0.2) is 44.8 Å². The van der Waals surface area contributed by atoms with Gasteiger partial charge in [0.1, 0.15) is 11.2 Å². The fourth-order valence-corrected chi connectivity index (χ4v) is 5.12. The van der Waals surface area contributed by atoms with Crippen molar-refractivity contribution in [3.63, 3.8) is 0 Å². The summed E-state index contributed by atoms with van der Waals surface area (Å²) < 4.78 is 6.31. The molecule has 6 nitrogen and oxygen atoms in total. The molecule has 1 amide bonds. The van der Waals surface area contributed by atoms with Crippen LogP contribution in [0.2, 0.25) is 0 Å². The molecule has 2 aromatic heterocycles. The maximum Gasteiger partial charge on any atom is 0.410 e. The fourth-order valence-electron chi connectivity index (χ4n) is 4.44. The zero-order valence-electron chi connectivity index (χ0n) is 16.0. The van der Waals surface area contributed by atoms with Crippen molar-refractivity contribution < 1.29 is 14.6 Å². The van der Waals surface area contributed by atoms with Gasteiger partial charge in [0, 0.05) is 46.3 Å². The van der Waals surface area contributed by atoms with E-state index < -0.39 is 11.2 Å². The first kappa shape index (κ1) is 18.7. The number of aliphatic hydroxyl groups is 1. The Bertz CT molecular complexity index is 870. The molecule has 2 aliphatic rings. The van der Waals surface area contributed by atoms with Crippen LogP contribution in [0.5, 0.6) is 0 Å². The van der Waals surface area contributed by atoms with Crippen molar-refractivity contribution in [1.29, 1.82) is 0 Å². The smallest absolute Gasteiger partial charge is 0.410 e. The van der Waals surface area contributed by atoms with Crippen LogP contribution >= 0.6 is 15.9 Å². The molecule has 0 atom stereocenters. The fraction of sp³-hybridized carbons (Fsp3) is 0.600. The van der Waals surface area contributed by atoms with Gasteiger partial charge in [-0.1, -0.05) is 0 Å². The van der Waals surface area contributed by atoms with E-state index >= 15 is 0 Å². The normalized spacial score (nSPS) is 21.3. The molecule has 0 bridgehead atoms. The number of ether oxygens (including phenoxy) is 1. The molecule has 1 aliphatic carbocycles. The number of hydrogen-bond acceptors (Lipinski definition) is 4. The van der Waals surface area contributed by atoms with E-state index in [-0.39, 0.29) is 11.5 Å². The lowest BCUT2D eigenvalue weighted by Gasteiger charge is -2.54. The second-order valence-corrected chi connectivity index (χ2v) is 9.94. The van der Waals surface area contributed by atoms with Gasteiger partial charge in [0.05, 0.1) is 5.60 Å². The molecule has 7 heteroatoms. The molecule has 3 heterocycles. The number of nitrogens with one attached hydrogen (secondary N) is 1. The summed E-state index contributed by atoms with van der Waals surface area (Å²) in [6.45, 7) is 7.09. The number of aromatic nitrogens is 2. The Kier molecular flexibility index (Phi) is 4.31. The highest BCUT2D eigenvalue weighted by Gasteiger charge is 2.51. The minimum atomic E-state index is -0.875. The number of halogens is 1. The minimum absolute atomic E-state index is 0.111. The van der Waals surface area contributed by atoms with Crippen LogP contribution in [-0.2, 0) is 10.3 Å². The van der Waals surface area contributed by atoms with Crippen LogP contribution in [0.4, 0.5) is 4.79 Å². The maximum absolute atomic E-state index is 12.2. The predicted octanol–water partition coefficient (Wildman–Crippen LogP) is 4.32. The van der Waals surface area contributed by atoms with Crippen LogP contribution in [0.25, 0.3) is 11.0 Å². The monoisotopic (exact) mass is 435 g/mol. The van der Waals surface area contributed by atoms with E-state index in [0.717, 1.165) is 47.0 Å². The SMILES string of the molecule is CC(C)(C)OC(=O)N1CC2(CCC(O)(c3c(Br)cnc4[nH]ccc34)CC2)C1. The molecule has 0 radical (unpaired) electrons. The topological polar surface area (TPSA) is 78.4 Å². The lowest BCUT2D eigenvalue weighted by atomic mass is 9.63. The van der Waals surface area contributed by atoms with E-state index in [2.05, 4.69) is 25.9 Å². The second kappa shape index (κ2) is 6.21. The standard InChI is InChI=1S/C20H26BrN3O3/c1-18(2,3)27-17(25)24-11-19(12-24)5-7-20(26,8-6-19)15-13-4-9-22-16(13)23-10-14(15)21/h4,9-10,26H,5-8,11-12H2,1-3H3,(H,22,23). The largest absolute Gasteiger partial charge is 0.444 e. The molecule has 2 N–H and O–H groups in total. The summed E-state index contributed by atoms with van der Waals surface area (Å²) in [6.07, 6.45) is 6.51. The lowest BCUT2D eigenvalue weighted by molar-refractivity contribution is -0.0960. The van der Waals surface area contributed by atoms with Crippen molar-refractivity contribution in [3.8, 4) is 0 Å². The van der Waals surface area contributed by atoms with Gasteiger partial charge in [-0.15, -0.1) is 0 Å². The minimum Gasteiger partial charge on any atom is -0.444 e. The van der Waals surface area contributed by atoms with Gasteiger partial charge >= 0.3 is 6.09 Å². The Morgan fingerprint density at radius 3 is 2.59 bits per heavy atom. The zero-order chi connectivity index (χ0) is 19.4. The quantitative estimate of drug-likeness (QED) is 0.698. The summed E-state index contributed by atoms with van der Waals surface area (Å²) >= 11 is 3.58. The molecule has 4 rings (SSSR count). The molecular weight excluding hydrogens is 410 g/mol. The highest BCUT2D eigenvalue weighted by atomic mass is 79.9. The van der Waals surface area contributed by atoms with E-state index in [0.29, 0.717) is 12.8 Å². The molecule has 2 fully saturated rings. The number of carbonyl (C=O) groups excluding carboxylic acids is 1. The number of carbonyl (C=O) groups is 1. The molecule has 1 saturated heterocycles. The van der Waals surface area contributed by atoms with Crippen LogP contribution in [0.15, 0.2) is 22.9 Å². The molecule has 1 spiro atoms. The van der Waals surface area contributed by atoms with E-state index in [1.165, 1.54) is 0 Å². The van der Waals surface area contributed by atoms with Crippen molar-refractivity contribution in [1.82, 2.24) is 14.9 Å². The summed E-state index contributed by atoms with van der Waals surface area (Å²) in [5, 5.41) is 12.4. The van der Waals surface area contributed by atoms with Crippen molar-refractivity contribution in [2.24, 2.45) is 5.41 Å². The highest BCUT2D eigenvalue weighted by Crippen LogP contribution is 2.52. The Morgan fingerprint density at radius 1 is 1.30 bits per heavy atom. The van der Waals surface area contributed by atoms with Crippen LogP contribution in [0.1, 0.15) is 52.0 Å². The van der Waals surface area contributed by atoms with Gasteiger partial charge in [-0.3, -0.25) is 0 Å². The van der Waals surface area contributed by atoms with Gasteiger partial charge in [0.15, 0.2) is 0 Å². The summed E-state index contributed by atoms with van der Waals surface area (Å²) in [6, 6.07) is 1.97. The summed E-state index contributed by atoms with van der Waals surface area (Å²) in [5.41, 5.74) is 0.482. The molecule has 2 aromatic rings. The average molecular weight is 436 g/mol. The first-order chi connectivity index (χ1) is 12.6. The third-order valence-corrected chi connectivity index (χ3v) is 6.45. The Morgan fingerprint density at radius 2 is 1.96 bits per heavy atom. The van der Waals surface area contributed by atoms with Gasteiger partial charge in [0.2, 0.25) is 0 Å². The summed E-state index contributed by atoms with van der Waals surface area (Å²) in [7, 11) is 0. The van der Waals surface area contributed by atoms with Crippen molar-refractivity contribution in [3.05, 3.63) is 28.5 Å². The molecule has 146 valence electrons. The summed E-state index contributed by atoms with van der Waals surface area (Å²) in [4.78, 5) is 21.5. The lowest BCUT2D eigenvalue weighted by Crippen LogP contribution is -2.61. The Balaban J connectivity index is 1.46. The molecule has 27 heavy (non-hydrogen) atoms. The second-order valence-electron chi connectivity index (χ2n) is 9.09. The predicted molar refractivity (Wildman–Crippen MR) is 106 cm³/mol. The van der Waals surface area contributed by atoms with Crippen LogP contribution < -0.4 is 0 Å². The number of rotatable bonds is 1. The van der Waals surface area contributed by atoms with Crippen molar-refractivity contribution in [2.45, 2.75) is 57.7 Å². The molecule has 0 aromatic carbocycles. The average Bonchev–Trinajstić information content (AvgIpc) is 3.00. The number of fused-ring (bicyclic) bond motifs is 1. The van der Waals surface area contributed by atoms with Gasteiger partial charge in [-0.25, -0.2) is 9.78 Å². The maximum atomic E-state index is 12.2.